The minimum atomic E-state index is 0.140. The molecule has 1 aliphatic heterocycles. The van der Waals surface area contributed by atoms with Crippen LogP contribution in [0.4, 0.5) is 0 Å². The van der Waals surface area contributed by atoms with Crippen molar-refractivity contribution in [3.8, 4) is 0 Å². The molecule has 4 heteroatoms. The van der Waals surface area contributed by atoms with E-state index in [1.54, 1.807) is 7.11 Å². The van der Waals surface area contributed by atoms with Crippen LogP contribution in [0, 0.1) is 5.41 Å². The molecule has 2 N–H and O–H groups in total. The predicted molar refractivity (Wildman–Crippen MR) is 68.9 cm³/mol. The zero-order valence-corrected chi connectivity index (χ0v) is 11.3. The van der Waals surface area contributed by atoms with Crippen LogP contribution in [0.2, 0.25) is 0 Å². The standard InChI is InChI=1S/C13H26N2O2/c1-11(17-3)5-6-12(16)15-10-13(2)7-4-8-14-9-13/h11,14H,4-10H2,1-3H3,(H,15,16). The van der Waals surface area contributed by atoms with Gasteiger partial charge in [0.15, 0.2) is 0 Å². The number of hydrogen-bond acceptors (Lipinski definition) is 3. The fraction of sp³-hybridized carbons (Fsp3) is 0.923. The van der Waals surface area contributed by atoms with Crippen molar-refractivity contribution >= 4 is 5.91 Å². The second kappa shape index (κ2) is 6.97. The van der Waals surface area contributed by atoms with Crippen LogP contribution in [0.1, 0.15) is 39.5 Å². The smallest absolute Gasteiger partial charge is 0.220 e. The Kier molecular flexibility index (Phi) is 5.92. The van der Waals surface area contributed by atoms with E-state index in [-0.39, 0.29) is 17.4 Å². The zero-order chi connectivity index (χ0) is 12.7. The molecule has 0 spiro atoms. The number of hydrogen-bond donors (Lipinski definition) is 2. The van der Waals surface area contributed by atoms with Crippen molar-refractivity contribution in [3.05, 3.63) is 0 Å². The van der Waals surface area contributed by atoms with Crippen LogP contribution < -0.4 is 10.6 Å². The molecule has 1 heterocycles. The number of methoxy groups -OCH3 is 1. The molecular formula is C13H26N2O2. The molecule has 100 valence electrons. The van der Waals surface area contributed by atoms with Crippen LogP contribution in [0.3, 0.4) is 0 Å². The Labute approximate surface area is 104 Å². The van der Waals surface area contributed by atoms with Gasteiger partial charge in [0.2, 0.25) is 5.91 Å². The molecule has 0 saturated carbocycles. The monoisotopic (exact) mass is 242 g/mol. The van der Waals surface area contributed by atoms with Gasteiger partial charge in [0.1, 0.15) is 0 Å². The molecule has 4 nitrogen and oxygen atoms in total. The SMILES string of the molecule is COC(C)CCC(=O)NCC1(C)CCCNC1. The van der Waals surface area contributed by atoms with Crippen molar-refractivity contribution in [2.24, 2.45) is 5.41 Å². The van der Waals surface area contributed by atoms with E-state index in [1.807, 2.05) is 6.92 Å². The Morgan fingerprint density at radius 1 is 1.59 bits per heavy atom. The van der Waals surface area contributed by atoms with Crippen LogP contribution in [-0.4, -0.2) is 38.8 Å². The van der Waals surface area contributed by atoms with Gasteiger partial charge in [-0.3, -0.25) is 4.79 Å². The number of rotatable bonds is 6. The van der Waals surface area contributed by atoms with Crippen molar-refractivity contribution in [1.29, 1.82) is 0 Å². The molecular weight excluding hydrogens is 216 g/mol. The van der Waals surface area contributed by atoms with E-state index >= 15 is 0 Å². The topological polar surface area (TPSA) is 50.4 Å². The van der Waals surface area contributed by atoms with Crippen molar-refractivity contribution < 1.29 is 9.53 Å². The van der Waals surface area contributed by atoms with E-state index in [9.17, 15) is 4.79 Å². The quantitative estimate of drug-likeness (QED) is 0.738. The summed E-state index contributed by atoms with van der Waals surface area (Å²) in [5.74, 6) is 0.140. The maximum atomic E-state index is 11.7. The Morgan fingerprint density at radius 3 is 2.94 bits per heavy atom. The lowest BCUT2D eigenvalue weighted by atomic mass is 9.83. The molecule has 17 heavy (non-hydrogen) atoms. The summed E-state index contributed by atoms with van der Waals surface area (Å²) in [6.07, 6.45) is 3.89. The number of carbonyl (C=O) groups excluding carboxylic acids is 1. The Morgan fingerprint density at radius 2 is 2.35 bits per heavy atom. The highest BCUT2D eigenvalue weighted by atomic mass is 16.5. The summed E-state index contributed by atoms with van der Waals surface area (Å²) in [6.45, 7) is 7.10. The average Bonchev–Trinajstić information content (AvgIpc) is 2.34. The Bertz CT molecular complexity index is 238. The minimum absolute atomic E-state index is 0.140. The molecule has 1 fully saturated rings. The number of nitrogens with one attached hydrogen (secondary N) is 2. The highest BCUT2D eigenvalue weighted by Crippen LogP contribution is 2.24. The van der Waals surface area contributed by atoms with Crippen LogP contribution in [0.25, 0.3) is 0 Å². The van der Waals surface area contributed by atoms with Gasteiger partial charge in [0, 0.05) is 26.6 Å². The van der Waals surface area contributed by atoms with Crippen LogP contribution >= 0.6 is 0 Å². The predicted octanol–water partition coefficient (Wildman–Crippen LogP) is 1.31. The first-order valence-electron chi connectivity index (χ1n) is 6.56. The Hall–Kier alpha value is -0.610. The maximum Gasteiger partial charge on any atom is 0.220 e. The van der Waals surface area contributed by atoms with Gasteiger partial charge in [-0.05, 0) is 38.1 Å². The lowest BCUT2D eigenvalue weighted by molar-refractivity contribution is -0.122. The molecule has 0 bridgehead atoms. The van der Waals surface area contributed by atoms with Gasteiger partial charge >= 0.3 is 0 Å². The molecule has 1 saturated heterocycles. The molecule has 0 aromatic rings. The summed E-state index contributed by atoms with van der Waals surface area (Å²) in [5.41, 5.74) is 0.223. The van der Waals surface area contributed by atoms with Gasteiger partial charge in [-0.15, -0.1) is 0 Å². The highest BCUT2D eigenvalue weighted by molar-refractivity contribution is 5.75. The summed E-state index contributed by atoms with van der Waals surface area (Å²) < 4.78 is 5.12. The van der Waals surface area contributed by atoms with E-state index in [1.165, 1.54) is 12.8 Å². The Balaban J connectivity index is 2.18. The molecule has 2 atom stereocenters. The van der Waals surface area contributed by atoms with Gasteiger partial charge in [-0.25, -0.2) is 0 Å². The molecule has 1 aliphatic rings. The average molecular weight is 242 g/mol. The summed E-state index contributed by atoms with van der Waals surface area (Å²) in [6, 6.07) is 0. The third kappa shape index (κ3) is 5.50. The van der Waals surface area contributed by atoms with Crippen LogP contribution in [0.5, 0.6) is 0 Å². The van der Waals surface area contributed by atoms with Crippen molar-refractivity contribution in [1.82, 2.24) is 10.6 Å². The van der Waals surface area contributed by atoms with E-state index in [2.05, 4.69) is 17.6 Å². The van der Waals surface area contributed by atoms with Crippen molar-refractivity contribution in [2.45, 2.75) is 45.6 Å². The van der Waals surface area contributed by atoms with E-state index in [0.717, 1.165) is 26.1 Å². The third-order valence-corrected chi connectivity index (χ3v) is 3.58. The van der Waals surface area contributed by atoms with E-state index < -0.39 is 0 Å². The normalized spacial score (nSPS) is 26.5. The van der Waals surface area contributed by atoms with E-state index in [0.29, 0.717) is 6.42 Å². The van der Waals surface area contributed by atoms with Crippen molar-refractivity contribution in [2.75, 3.05) is 26.7 Å². The molecule has 2 unspecified atom stereocenters. The molecule has 0 aliphatic carbocycles. The van der Waals surface area contributed by atoms with Gasteiger partial charge < -0.3 is 15.4 Å². The van der Waals surface area contributed by atoms with Crippen molar-refractivity contribution in [3.63, 3.8) is 0 Å². The van der Waals surface area contributed by atoms with Gasteiger partial charge in [0.25, 0.3) is 0 Å². The highest BCUT2D eigenvalue weighted by Gasteiger charge is 2.26. The first-order chi connectivity index (χ1) is 8.06. The van der Waals surface area contributed by atoms with Gasteiger partial charge in [-0.2, -0.15) is 0 Å². The summed E-state index contributed by atoms with van der Waals surface area (Å²) >= 11 is 0. The fourth-order valence-corrected chi connectivity index (χ4v) is 2.12. The number of piperidine rings is 1. The first-order valence-corrected chi connectivity index (χ1v) is 6.56. The van der Waals surface area contributed by atoms with E-state index in [4.69, 9.17) is 4.74 Å². The zero-order valence-electron chi connectivity index (χ0n) is 11.3. The van der Waals surface area contributed by atoms with Crippen LogP contribution in [0.15, 0.2) is 0 Å². The molecule has 0 aromatic carbocycles. The number of ether oxygens (including phenoxy) is 1. The lowest BCUT2D eigenvalue weighted by Crippen LogP contribution is -2.45. The molecule has 1 rings (SSSR count). The van der Waals surface area contributed by atoms with Gasteiger partial charge in [-0.1, -0.05) is 6.92 Å². The number of carbonyl (C=O) groups is 1. The second-order valence-electron chi connectivity index (χ2n) is 5.45. The maximum absolute atomic E-state index is 11.7. The largest absolute Gasteiger partial charge is 0.382 e. The number of amides is 1. The third-order valence-electron chi connectivity index (χ3n) is 3.58. The lowest BCUT2D eigenvalue weighted by Gasteiger charge is -2.34. The summed E-state index contributed by atoms with van der Waals surface area (Å²) in [7, 11) is 1.68. The molecule has 0 radical (unpaired) electrons. The fourth-order valence-electron chi connectivity index (χ4n) is 2.12. The van der Waals surface area contributed by atoms with Gasteiger partial charge in [0.05, 0.1) is 6.10 Å². The molecule has 1 amide bonds. The van der Waals surface area contributed by atoms with Crippen LogP contribution in [-0.2, 0) is 9.53 Å². The summed E-state index contributed by atoms with van der Waals surface area (Å²) in [4.78, 5) is 11.7. The first kappa shape index (κ1) is 14.5. The summed E-state index contributed by atoms with van der Waals surface area (Å²) in [5, 5.41) is 6.42. The minimum Gasteiger partial charge on any atom is -0.382 e. The second-order valence-corrected chi connectivity index (χ2v) is 5.45. The molecule has 0 aromatic heterocycles.